The number of pyridine rings is 1. The molecule has 0 spiro atoms. The summed E-state index contributed by atoms with van der Waals surface area (Å²) >= 11 is 0. The molecule has 0 aliphatic carbocycles. The zero-order valence-corrected chi connectivity index (χ0v) is 19.0. The zero-order chi connectivity index (χ0) is 24.5. The number of carbonyl (C=O) groups is 1. The van der Waals surface area contributed by atoms with Gasteiger partial charge in [-0.1, -0.05) is 17.3 Å². The number of anilines is 2. The molecular formula is C25H19N9O2. The van der Waals surface area contributed by atoms with Gasteiger partial charge in [0.2, 0.25) is 5.88 Å². The van der Waals surface area contributed by atoms with Crippen LogP contribution in [-0.2, 0) is 0 Å². The number of hydrogen-bond donors (Lipinski definition) is 3. The highest BCUT2D eigenvalue weighted by Crippen LogP contribution is 2.27. The summed E-state index contributed by atoms with van der Waals surface area (Å²) in [5, 5.41) is 10.3. The molecule has 3 N–H and O–H groups in total. The van der Waals surface area contributed by atoms with Crippen molar-refractivity contribution in [1.29, 1.82) is 0 Å². The molecule has 36 heavy (non-hydrogen) atoms. The van der Waals surface area contributed by atoms with Crippen molar-refractivity contribution in [3.05, 3.63) is 85.5 Å². The Labute approximate surface area is 204 Å². The van der Waals surface area contributed by atoms with Crippen molar-refractivity contribution in [3.63, 3.8) is 0 Å². The van der Waals surface area contributed by atoms with E-state index in [2.05, 4.69) is 40.7 Å². The molecule has 0 fully saturated rings. The topological polar surface area (TPSA) is 139 Å². The van der Waals surface area contributed by atoms with Crippen LogP contribution in [0.2, 0.25) is 0 Å². The third-order valence-corrected chi connectivity index (χ3v) is 5.54. The average Bonchev–Trinajstić information content (AvgIpc) is 3.64. The second-order valence-electron chi connectivity index (χ2n) is 8.03. The standard InChI is InChI=1S/C25H19N9O2/c1-15-12-34(14-29-15)24-19-10-20(31-23(19)27-13-28-24)16-2-4-18(5-3-16)30-25(35)32-22-11-21(33-36-22)17-6-8-26-9-7-17/h2-14H,1H3,(H,27,28,31)(H2,30,32,35). The predicted octanol–water partition coefficient (Wildman–Crippen LogP) is 4.81. The summed E-state index contributed by atoms with van der Waals surface area (Å²) in [7, 11) is 0. The van der Waals surface area contributed by atoms with Gasteiger partial charge in [-0.2, -0.15) is 0 Å². The van der Waals surface area contributed by atoms with Crippen molar-refractivity contribution >= 4 is 28.6 Å². The minimum atomic E-state index is -0.443. The summed E-state index contributed by atoms with van der Waals surface area (Å²) in [6.45, 7) is 1.93. The molecule has 5 heterocycles. The molecule has 0 aliphatic rings. The summed E-state index contributed by atoms with van der Waals surface area (Å²) < 4.78 is 7.09. The second kappa shape index (κ2) is 8.80. The predicted molar refractivity (Wildman–Crippen MR) is 134 cm³/mol. The first-order chi connectivity index (χ1) is 17.6. The Balaban J connectivity index is 1.16. The van der Waals surface area contributed by atoms with E-state index in [4.69, 9.17) is 4.52 Å². The molecule has 0 atom stereocenters. The van der Waals surface area contributed by atoms with Gasteiger partial charge < -0.3 is 14.8 Å². The first-order valence-electron chi connectivity index (χ1n) is 11.0. The first-order valence-corrected chi connectivity index (χ1v) is 11.0. The van der Waals surface area contributed by atoms with Gasteiger partial charge in [0.15, 0.2) is 5.82 Å². The van der Waals surface area contributed by atoms with Crippen molar-refractivity contribution in [3.8, 4) is 28.3 Å². The third-order valence-electron chi connectivity index (χ3n) is 5.54. The number of aryl methyl sites for hydroxylation is 1. The Morgan fingerprint density at radius 3 is 2.58 bits per heavy atom. The molecule has 176 valence electrons. The molecule has 5 aromatic heterocycles. The minimum Gasteiger partial charge on any atom is -0.339 e. The molecular weight excluding hydrogens is 458 g/mol. The largest absolute Gasteiger partial charge is 0.339 e. The van der Waals surface area contributed by atoms with E-state index in [-0.39, 0.29) is 5.88 Å². The molecule has 6 aromatic rings. The molecule has 0 saturated carbocycles. The number of nitrogens with zero attached hydrogens (tertiary/aromatic N) is 6. The fourth-order valence-corrected chi connectivity index (χ4v) is 3.83. The maximum Gasteiger partial charge on any atom is 0.326 e. The van der Waals surface area contributed by atoms with E-state index in [1.807, 2.05) is 60.2 Å². The maximum absolute atomic E-state index is 12.4. The highest BCUT2D eigenvalue weighted by atomic mass is 16.5. The molecule has 0 radical (unpaired) electrons. The van der Waals surface area contributed by atoms with Crippen LogP contribution in [0.5, 0.6) is 0 Å². The number of urea groups is 1. The summed E-state index contributed by atoms with van der Waals surface area (Å²) in [5.74, 6) is 0.983. The SMILES string of the molecule is Cc1cn(-c2ncnc3[nH]c(-c4ccc(NC(=O)Nc5cc(-c6ccncc6)no5)cc4)cc23)cn1. The number of rotatable bonds is 5. The lowest BCUT2D eigenvalue weighted by molar-refractivity contribution is 0.261. The fourth-order valence-electron chi connectivity index (χ4n) is 3.83. The molecule has 0 saturated heterocycles. The summed E-state index contributed by atoms with van der Waals surface area (Å²) in [4.78, 5) is 32.8. The molecule has 2 amide bonds. The lowest BCUT2D eigenvalue weighted by atomic mass is 10.1. The number of aromatic amines is 1. The number of imidazole rings is 1. The van der Waals surface area contributed by atoms with Crippen LogP contribution in [0.1, 0.15) is 5.69 Å². The fraction of sp³-hybridized carbons (Fsp3) is 0.0400. The number of aromatic nitrogens is 7. The lowest BCUT2D eigenvalue weighted by Crippen LogP contribution is -2.18. The molecule has 0 bridgehead atoms. The van der Waals surface area contributed by atoms with E-state index in [1.54, 1.807) is 24.8 Å². The van der Waals surface area contributed by atoms with E-state index < -0.39 is 6.03 Å². The summed E-state index contributed by atoms with van der Waals surface area (Å²) in [5.41, 5.74) is 5.51. The van der Waals surface area contributed by atoms with Gasteiger partial charge in [-0.25, -0.2) is 19.7 Å². The Bertz CT molecular complexity index is 1670. The lowest BCUT2D eigenvalue weighted by Gasteiger charge is -2.06. The van der Waals surface area contributed by atoms with Crippen LogP contribution >= 0.6 is 0 Å². The number of amides is 2. The number of H-pyrrole nitrogens is 1. The third kappa shape index (κ3) is 4.16. The number of fused-ring (bicyclic) bond motifs is 1. The molecule has 11 heteroatoms. The van der Waals surface area contributed by atoms with Gasteiger partial charge >= 0.3 is 6.03 Å². The Kier molecular flexibility index (Phi) is 5.19. The van der Waals surface area contributed by atoms with Crippen LogP contribution in [0.3, 0.4) is 0 Å². The van der Waals surface area contributed by atoms with Crippen molar-refractivity contribution in [2.45, 2.75) is 6.92 Å². The van der Waals surface area contributed by atoms with Gasteiger partial charge in [-0.15, -0.1) is 0 Å². The normalized spacial score (nSPS) is 11.0. The van der Waals surface area contributed by atoms with Crippen molar-refractivity contribution < 1.29 is 9.32 Å². The van der Waals surface area contributed by atoms with Gasteiger partial charge in [0, 0.05) is 41.6 Å². The Morgan fingerprint density at radius 1 is 0.972 bits per heavy atom. The van der Waals surface area contributed by atoms with Gasteiger partial charge in [0.25, 0.3) is 0 Å². The second-order valence-corrected chi connectivity index (χ2v) is 8.03. The quantitative estimate of drug-likeness (QED) is 0.324. The number of carbonyl (C=O) groups excluding carboxylic acids is 1. The smallest absolute Gasteiger partial charge is 0.326 e. The molecule has 0 unspecified atom stereocenters. The van der Waals surface area contributed by atoms with Crippen molar-refractivity contribution in [2.24, 2.45) is 0 Å². The van der Waals surface area contributed by atoms with Crippen LogP contribution in [0.25, 0.3) is 39.4 Å². The van der Waals surface area contributed by atoms with Gasteiger partial charge in [-0.3, -0.25) is 14.9 Å². The average molecular weight is 477 g/mol. The minimum absolute atomic E-state index is 0.235. The maximum atomic E-state index is 12.4. The van der Waals surface area contributed by atoms with Crippen molar-refractivity contribution in [1.82, 2.24) is 34.6 Å². The van der Waals surface area contributed by atoms with Gasteiger partial charge in [0.1, 0.15) is 24.0 Å². The highest BCUT2D eigenvalue weighted by molar-refractivity contribution is 5.99. The van der Waals surface area contributed by atoms with Crippen LogP contribution in [-0.4, -0.2) is 40.7 Å². The van der Waals surface area contributed by atoms with Crippen molar-refractivity contribution in [2.75, 3.05) is 10.6 Å². The number of benzene rings is 1. The van der Waals surface area contributed by atoms with E-state index in [0.717, 1.165) is 39.4 Å². The number of nitrogens with one attached hydrogen (secondary N) is 3. The first kappa shape index (κ1) is 21.2. The summed E-state index contributed by atoms with van der Waals surface area (Å²) in [6.07, 6.45) is 8.49. The van der Waals surface area contributed by atoms with E-state index in [1.165, 1.54) is 6.33 Å². The highest BCUT2D eigenvalue weighted by Gasteiger charge is 2.13. The van der Waals surface area contributed by atoms with E-state index in [0.29, 0.717) is 11.4 Å². The van der Waals surface area contributed by atoms with Crippen LogP contribution < -0.4 is 10.6 Å². The number of hydrogen-bond acceptors (Lipinski definition) is 7. The monoisotopic (exact) mass is 477 g/mol. The molecule has 11 nitrogen and oxygen atoms in total. The van der Waals surface area contributed by atoms with Gasteiger partial charge in [0.05, 0.1) is 11.1 Å². The molecule has 1 aromatic carbocycles. The Hall–Kier alpha value is -5.32. The summed E-state index contributed by atoms with van der Waals surface area (Å²) in [6, 6.07) is 14.3. The zero-order valence-electron chi connectivity index (χ0n) is 19.0. The van der Waals surface area contributed by atoms with Crippen LogP contribution in [0.15, 0.2) is 84.3 Å². The molecule has 6 rings (SSSR count). The molecule has 0 aliphatic heterocycles. The van der Waals surface area contributed by atoms with E-state index in [9.17, 15) is 4.79 Å². The van der Waals surface area contributed by atoms with E-state index >= 15 is 0 Å². The van der Waals surface area contributed by atoms with Crippen LogP contribution in [0, 0.1) is 6.92 Å². The van der Waals surface area contributed by atoms with Crippen LogP contribution in [0.4, 0.5) is 16.4 Å². The Morgan fingerprint density at radius 2 is 1.81 bits per heavy atom. The van der Waals surface area contributed by atoms with Gasteiger partial charge in [-0.05, 0) is 42.8 Å².